The maximum Gasteiger partial charge on any atom is 0.340 e. The summed E-state index contributed by atoms with van der Waals surface area (Å²) in [6.07, 6.45) is 0.831. The number of hydrogen-bond acceptors (Lipinski definition) is 5. The van der Waals surface area contributed by atoms with Gasteiger partial charge < -0.3 is 15.8 Å². The van der Waals surface area contributed by atoms with Crippen LogP contribution in [0, 0.1) is 0 Å². The lowest BCUT2D eigenvalue weighted by molar-refractivity contribution is 0.0602. The molecule has 0 radical (unpaired) electrons. The van der Waals surface area contributed by atoms with Gasteiger partial charge in [-0.3, -0.25) is 0 Å². The minimum Gasteiger partial charge on any atom is -0.465 e. The molecule has 1 heterocycles. The average molecular weight is 390 g/mol. The fourth-order valence-corrected chi connectivity index (χ4v) is 3.65. The van der Waals surface area contributed by atoms with Crippen molar-refractivity contribution >= 4 is 56.2 Å². The first kappa shape index (κ1) is 16.1. The van der Waals surface area contributed by atoms with Crippen molar-refractivity contribution in [1.82, 2.24) is 0 Å². The molecule has 0 aliphatic heterocycles. The molecule has 0 bridgehead atoms. The van der Waals surface area contributed by atoms with Gasteiger partial charge in [0.05, 0.1) is 27.2 Å². The second-order valence-corrected chi connectivity index (χ2v) is 7.25. The van der Waals surface area contributed by atoms with Gasteiger partial charge in [0.2, 0.25) is 0 Å². The van der Waals surface area contributed by atoms with Crippen LogP contribution in [0.2, 0.25) is 5.02 Å². The Kier molecular flexibility index (Phi) is 5.50. The molecule has 0 aliphatic rings. The molecule has 112 valence electrons. The predicted molar refractivity (Wildman–Crippen MR) is 91.4 cm³/mol. The lowest BCUT2D eigenvalue weighted by atomic mass is 10.1. The molecule has 0 atom stereocenters. The van der Waals surface area contributed by atoms with Gasteiger partial charge in [0.1, 0.15) is 0 Å². The topological polar surface area (TPSA) is 64.3 Å². The zero-order valence-corrected chi connectivity index (χ0v) is 14.4. The Hall–Kier alpha value is -1.24. The summed E-state index contributed by atoms with van der Waals surface area (Å²) >= 11 is 11.3. The number of thiophene rings is 1. The Morgan fingerprint density at radius 3 is 2.86 bits per heavy atom. The average Bonchev–Trinajstić information content (AvgIpc) is 2.85. The highest BCUT2D eigenvalue weighted by molar-refractivity contribution is 9.11. The van der Waals surface area contributed by atoms with E-state index in [-0.39, 0.29) is 0 Å². The summed E-state index contributed by atoms with van der Waals surface area (Å²) in [4.78, 5) is 13.0. The molecule has 21 heavy (non-hydrogen) atoms. The van der Waals surface area contributed by atoms with Crippen LogP contribution in [0.1, 0.15) is 15.2 Å². The van der Waals surface area contributed by atoms with Crippen LogP contribution < -0.4 is 11.1 Å². The van der Waals surface area contributed by atoms with E-state index in [2.05, 4.69) is 27.3 Å². The Labute approximate surface area is 140 Å². The van der Waals surface area contributed by atoms with E-state index in [1.54, 1.807) is 23.5 Å². The van der Waals surface area contributed by atoms with Crippen molar-refractivity contribution in [2.75, 3.05) is 24.7 Å². The van der Waals surface area contributed by atoms with Crippen molar-refractivity contribution in [2.24, 2.45) is 0 Å². The number of esters is 1. The Bertz CT molecular complexity index is 660. The number of carbonyl (C=O) groups excluding carboxylic acids is 1. The van der Waals surface area contributed by atoms with Crippen LogP contribution >= 0.6 is 38.9 Å². The summed E-state index contributed by atoms with van der Waals surface area (Å²) in [5.41, 5.74) is 7.04. The standard InChI is InChI=1S/C14H14BrClN2O2S/c1-20-14(19)10-6-8(17)7-11(16)13(10)18-5-4-9-2-3-12(15)21-9/h2-3,6-7,18H,4-5,17H2,1H3. The summed E-state index contributed by atoms with van der Waals surface area (Å²) in [7, 11) is 1.33. The molecule has 7 heteroatoms. The third-order valence-corrected chi connectivity index (χ3v) is 4.80. The third kappa shape index (κ3) is 4.12. The molecule has 3 N–H and O–H groups in total. The smallest absolute Gasteiger partial charge is 0.340 e. The van der Waals surface area contributed by atoms with Crippen LogP contribution in [0.15, 0.2) is 28.1 Å². The molecule has 4 nitrogen and oxygen atoms in total. The van der Waals surface area contributed by atoms with E-state index < -0.39 is 5.97 Å². The molecule has 2 aromatic rings. The zero-order valence-electron chi connectivity index (χ0n) is 11.3. The zero-order chi connectivity index (χ0) is 15.4. The Balaban J connectivity index is 2.13. The van der Waals surface area contributed by atoms with Crippen molar-refractivity contribution in [3.8, 4) is 0 Å². The highest BCUT2D eigenvalue weighted by Crippen LogP contribution is 2.30. The van der Waals surface area contributed by atoms with E-state index in [9.17, 15) is 4.79 Å². The van der Waals surface area contributed by atoms with E-state index in [4.69, 9.17) is 22.1 Å². The van der Waals surface area contributed by atoms with Crippen LogP contribution in [0.25, 0.3) is 0 Å². The number of carbonyl (C=O) groups is 1. The SMILES string of the molecule is COC(=O)c1cc(N)cc(Cl)c1NCCc1ccc(Br)s1. The molecule has 1 aromatic heterocycles. The minimum absolute atomic E-state index is 0.342. The molecular weight excluding hydrogens is 376 g/mol. The molecular formula is C14H14BrClN2O2S. The summed E-state index contributed by atoms with van der Waals surface area (Å²) in [5, 5.41) is 3.59. The maximum atomic E-state index is 11.8. The number of rotatable bonds is 5. The van der Waals surface area contributed by atoms with Gasteiger partial charge in [0.25, 0.3) is 0 Å². The summed E-state index contributed by atoms with van der Waals surface area (Å²) in [6, 6.07) is 7.23. The maximum absolute atomic E-state index is 11.8. The number of nitrogens with two attached hydrogens (primary N) is 1. The van der Waals surface area contributed by atoms with E-state index in [0.717, 1.165) is 10.2 Å². The highest BCUT2D eigenvalue weighted by Gasteiger charge is 2.16. The molecule has 0 fully saturated rings. The van der Waals surface area contributed by atoms with E-state index >= 15 is 0 Å². The molecule has 0 unspecified atom stereocenters. The summed E-state index contributed by atoms with van der Waals surface area (Å²) in [5.74, 6) is -0.467. The molecule has 0 spiro atoms. The van der Waals surface area contributed by atoms with Gasteiger partial charge in [-0.2, -0.15) is 0 Å². The van der Waals surface area contributed by atoms with Crippen molar-refractivity contribution in [3.05, 3.63) is 43.5 Å². The van der Waals surface area contributed by atoms with Gasteiger partial charge in [0, 0.05) is 17.1 Å². The van der Waals surface area contributed by atoms with Crippen molar-refractivity contribution in [3.63, 3.8) is 0 Å². The second kappa shape index (κ2) is 7.15. The Morgan fingerprint density at radius 1 is 1.48 bits per heavy atom. The van der Waals surface area contributed by atoms with Crippen LogP contribution in [0.5, 0.6) is 0 Å². The van der Waals surface area contributed by atoms with Gasteiger partial charge >= 0.3 is 5.97 Å². The lowest BCUT2D eigenvalue weighted by Gasteiger charge is -2.13. The molecule has 0 saturated heterocycles. The van der Waals surface area contributed by atoms with E-state index in [1.807, 2.05) is 6.07 Å². The van der Waals surface area contributed by atoms with Crippen LogP contribution in [0.3, 0.4) is 0 Å². The second-order valence-electron chi connectivity index (χ2n) is 4.30. The largest absolute Gasteiger partial charge is 0.465 e. The number of nitrogen functional groups attached to an aromatic ring is 1. The predicted octanol–water partition coefficient (Wildman–Crippen LogP) is 4.19. The monoisotopic (exact) mass is 388 g/mol. The van der Waals surface area contributed by atoms with Gasteiger partial charge in [-0.1, -0.05) is 11.6 Å². The van der Waals surface area contributed by atoms with Gasteiger partial charge in [-0.25, -0.2) is 4.79 Å². The minimum atomic E-state index is -0.467. The third-order valence-electron chi connectivity index (χ3n) is 2.82. The fourth-order valence-electron chi connectivity index (χ4n) is 1.88. The number of halogens is 2. The Morgan fingerprint density at radius 2 is 2.24 bits per heavy atom. The van der Waals surface area contributed by atoms with Crippen LogP contribution in [0.4, 0.5) is 11.4 Å². The van der Waals surface area contributed by atoms with Crippen LogP contribution in [-0.2, 0) is 11.2 Å². The molecule has 0 aliphatic carbocycles. The van der Waals surface area contributed by atoms with Gasteiger partial charge in [-0.15, -0.1) is 11.3 Å². The van der Waals surface area contributed by atoms with Gasteiger partial charge in [-0.05, 0) is 46.6 Å². The number of hydrogen-bond donors (Lipinski definition) is 2. The number of benzene rings is 1. The molecule has 2 rings (SSSR count). The van der Waals surface area contributed by atoms with Crippen molar-refractivity contribution < 1.29 is 9.53 Å². The van der Waals surface area contributed by atoms with Crippen molar-refractivity contribution in [1.29, 1.82) is 0 Å². The van der Waals surface area contributed by atoms with Crippen LogP contribution in [-0.4, -0.2) is 19.6 Å². The van der Waals surface area contributed by atoms with Gasteiger partial charge in [0.15, 0.2) is 0 Å². The van der Waals surface area contributed by atoms with Crippen molar-refractivity contribution in [2.45, 2.75) is 6.42 Å². The quantitative estimate of drug-likeness (QED) is 0.594. The first-order valence-electron chi connectivity index (χ1n) is 6.16. The van der Waals surface area contributed by atoms with E-state index in [1.165, 1.54) is 12.0 Å². The normalized spacial score (nSPS) is 10.4. The number of methoxy groups -OCH3 is 1. The highest BCUT2D eigenvalue weighted by atomic mass is 79.9. The lowest BCUT2D eigenvalue weighted by Crippen LogP contribution is -2.11. The molecule has 0 saturated carbocycles. The first-order chi connectivity index (χ1) is 10.0. The number of nitrogens with one attached hydrogen (secondary N) is 1. The summed E-state index contributed by atoms with van der Waals surface area (Å²) in [6.45, 7) is 0.653. The number of ether oxygens (including phenoxy) is 1. The van der Waals surface area contributed by atoms with E-state index in [0.29, 0.717) is 28.5 Å². The summed E-state index contributed by atoms with van der Waals surface area (Å²) < 4.78 is 5.85. The fraction of sp³-hybridized carbons (Fsp3) is 0.214. The first-order valence-corrected chi connectivity index (χ1v) is 8.15. The molecule has 1 aromatic carbocycles. The molecule has 0 amide bonds. The number of anilines is 2.